The second kappa shape index (κ2) is 8.42. The summed E-state index contributed by atoms with van der Waals surface area (Å²) in [5.74, 6) is -0.567. The Morgan fingerprint density at radius 2 is 1.91 bits per heavy atom. The molecule has 2 aromatic rings. The number of nitrogens with one attached hydrogen (secondary N) is 3. The summed E-state index contributed by atoms with van der Waals surface area (Å²) in [5.41, 5.74) is 8.34. The van der Waals surface area contributed by atoms with Crippen LogP contribution in [0, 0.1) is 5.82 Å². The number of hydrazine groups is 2. The molecule has 8 nitrogen and oxygen atoms in total. The van der Waals surface area contributed by atoms with Crippen molar-refractivity contribution in [2.24, 2.45) is 0 Å². The highest BCUT2D eigenvalue weighted by Gasteiger charge is 2.48. The third-order valence-electron chi connectivity index (χ3n) is 5.94. The van der Waals surface area contributed by atoms with E-state index in [1.165, 1.54) is 17.1 Å². The van der Waals surface area contributed by atoms with Crippen LogP contribution in [0.4, 0.5) is 9.18 Å². The molecule has 3 aliphatic heterocycles. The molecule has 3 heterocycles. The van der Waals surface area contributed by atoms with Gasteiger partial charge in [-0.15, -0.1) is 0 Å². The van der Waals surface area contributed by atoms with Crippen molar-refractivity contribution < 1.29 is 14.0 Å². The van der Waals surface area contributed by atoms with Crippen LogP contribution in [-0.2, 0) is 11.3 Å². The predicted molar refractivity (Wildman–Crippen MR) is 116 cm³/mol. The Kier molecular flexibility index (Phi) is 5.46. The van der Waals surface area contributed by atoms with Crippen molar-refractivity contribution in [2.45, 2.75) is 31.2 Å². The fraction of sp³-hybridized carbons (Fsp3) is 0.273. The van der Waals surface area contributed by atoms with E-state index in [9.17, 15) is 14.0 Å². The van der Waals surface area contributed by atoms with E-state index < -0.39 is 0 Å². The number of carbonyl (C=O) groups is 2. The molecule has 3 N–H and O–H groups in total. The Balaban J connectivity index is 1.21. The van der Waals surface area contributed by atoms with Gasteiger partial charge in [-0.2, -0.15) is 0 Å². The third-order valence-corrected chi connectivity index (χ3v) is 6.31. The van der Waals surface area contributed by atoms with E-state index in [0.29, 0.717) is 11.4 Å². The largest absolute Gasteiger partial charge is 0.350 e. The number of benzene rings is 2. The normalized spacial score (nSPS) is 24.0. The van der Waals surface area contributed by atoms with Crippen LogP contribution < -0.4 is 16.2 Å². The van der Waals surface area contributed by atoms with E-state index in [1.807, 2.05) is 29.4 Å². The highest BCUT2D eigenvalue weighted by molar-refractivity contribution is 6.31. The van der Waals surface area contributed by atoms with Crippen molar-refractivity contribution in [2.75, 3.05) is 6.54 Å². The maximum absolute atomic E-state index is 13.3. The van der Waals surface area contributed by atoms with Crippen molar-refractivity contribution in [1.82, 2.24) is 31.1 Å². The van der Waals surface area contributed by atoms with Gasteiger partial charge in [0.15, 0.2) is 0 Å². The molecular formula is C22H22ClFN6O2. The van der Waals surface area contributed by atoms with Crippen LogP contribution in [0.5, 0.6) is 0 Å². The number of rotatable bonds is 5. The molecule has 0 aromatic heterocycles. The first-order valence-corrected chi connectivity index (χ1v) is 10.7. The molecule has 2 saturated heterocycles. The average Bonchev–Trinajstić information content (AvgIpc) is 3.35. The molecule has 3 unspecified atom stereocenters. The molecule has 3 amide bonds. The lowest BCUT2D eigenvalue weighted by Crippen LogP contribution is -2.54. The smallest absolute Gasteiger partial charge is 0.340 e. The van der Waals surface area contributed by atoms with E-state index in [4.69, 9.17) is 11.6 Å². The van der Waals surface area contributed by atoms with Gasteiger partial charge in [-0.1, -0.05) is 41.9 Å². The summed E-state index contributed by atoms with van der Waals surface area (Å²) < 4.78 is 13.3. The standard InChI is InChI=1S/C22H22ClFN6O2/c23-17-4-2-1-3-15(17)12-25-20(31)13-30-22(32)28-9-10-29-19(21(28)27-30)11-18(26-29)14-5-7-16(24)8-6-14/h1-10,18-19,21,26-27H,11-13H2,(H,25,31). The van der Waals surface area contributed by atoms with Crippen molar-refractivity contribution in [1.29, 1.82) is 0 Å². The molecule has 5 rings (SSSR count). The van der Waals surface area contributed by atoms with Gasteiger partial charge in [0.25, 0.3) is 0 Å². The predicted octanol–water partition coefficient (Wildman–Crippen LogP) is 2.47. The zero-order valence-corrected chi connectivity index (χ0v) is 17.8. The number of hydrogen-bond acceptors (Lipinski definition) is 5. The second-order valence-electron chi connectivity index (χ2n) is 7.96. The number of carbonyl (C=O) groups excluding carboxylic acids is 2. The molecule has 0 spiro atoms. The van der Waals surface area contributed by atoms with Crippen LogP contribution in [0.15, 0.2) is 60.9 Å². The van der Waals surface area contributed by atoms with Gasteiger partial charge >= 0.3 is 6.03 Å². The van der Waals surface area contributed by atoms with Crippen molar-refractivity contribution in [3.8, 4) is 0 Å². The van der Waals surface area contributed by atoms with E-state index in [1.54, 1.807) is 29.3 Å². The topological polar surface area (TPSA) is 80.0 Å². The van der Waals surface area contributed by atoms with Crippen LogP contribution in [0.2, 0.25) is 5.02 Å². The number of nitrogens with zero attached hydrogens (tertiary/aromatic N) is 3. The van der Waals surface area contributed by atoms with Crippen molar-refractivity contribution in [3.63, 3.8) is 0 Å². The minimum absolute atomic E-state index is 0.00456. The number of urea groups is 1. The third kappa shape index (κ3) is 3.90. The van der Waals surface area contributed by atoms with E-state index >= 15 is 0 Å². The van der Waals surface area contributed by atoms with Gasteiger partial charge in [0.05, 0.1) is 12.1 Å². The number of halogens is 2. The van der Waals surface area contributed by atoms with Crippen molar-refractivity contribution >= 4 is 23.5 Å². The number of amides is 3. The lowest BCUT2D eigenvalue weighted by molar-refractivity contribution is -0.122. The molecule has 3 aliphatic rings. The molecule has 0 saturated carbocycles. The molecule has 2 fully saturated rings. The maximum Gasteiger partial charge on any atom is 0.340 e. The Morgan fingerprint density at radius 1 is 1.12 bits per heavy atom. The van der Waals surface area contributed by atoms with E-state index in [-0.39, 0.29) is 49.1 Å². The molecule has 32 heavy (non-hydrogen) atoms. The first-order valence-electron chi connectivity index (χ1n) is 10.3. The quantitative estimate of drug-likeness (QED) is 0.644. The highest BCUT2D eigenvalue weighted by Crippen LogP contribution is 2.34. The summed E-state index contributed by atoms with van der Waals surface area (Å²) in [6.07, 6.45) is 3.90. The lowest BCUT2D eigenvalue weighted by atomic mass is 10.00. The monoisotopic (exact) mass is 456 g/mol. The Hall–Kier alpha value is -3.14. The lowest BCUT2D eigenvalue weighted by Gasteiger charge is -2.34. The summed E-state index contributed by atoms with van der Waals surface area (Å²) in [5, 5.41) is 6.66. The SMILES string of the molecule is O=C(CN1NC2C3CC(c4ccc(F)cc4)NN3C=CN2C1=O)NCc1ccccc1Cl. The maximum atomic E-state index is 13.3. The minimum Gasteiger partial charge on any atom is -0.350 e. The molecule has 2 aromatic carbocycles. The molecule has 10 heteroatoms. The van der Waals surface area contributed by atoms with Crippen LogP contribution in [0.3, 0.4) is 0 Å². The Bertz CT molecular complexity index is 1060. The fourth-order valence-corrected chi connectivity index (χ4v) is 4.48. The highest BCUT2D eigenvalue weighted by atomic mass is 35.5. The Labute approximate surface area is 189 Å². The van der Waals surface area contributed by atoms with E-state index in [2.05, 4.69) is 16.2 Å². The second-order valence-corrected chi connectivity index (χ2v) is 8.37. The molecule has 0 bridgehead atoms. The van der Waals surface area contributed by atoms with Gasteiger partial charge < -0.3 is 10.3 Å². The summed E-state index contributed by atoms with van der Waals surface area (Å²) in [6, 6.07) is 13.3. The summed E-state index contributed by atoms with van der Waals surface area (Å²) >= 11 is 6.13. The molecular weight excluding hydrogens is 435 g/mol. The van der Waals surface area contributed by atoms with Gasteiger partial charge in [0.1, 0.15) is 18.5 Å². The fourth-order valence-electron chi connectivity index (χ4n) is 4.28. The first kappa shape index (κ1) is 20.7. The molecule has 3 atom stereocenters. The van der Waals surface area contributed by atoms with Crippen molar-refractivity contribution in [3.05, 3.63) is 82.9 Å². The van der Waals surface area contributed by atoms with Crippen LogP contribution in [0.25, 0.3) is 0 Å². The summed E-state index contributed by atoms with van der Waals surface area (Å²) in [7, 11) is 0. The number of fused-ring (bicyclic) bond motifs is 3. The average molecular weight is 457 g/mol. The zero-order chi connectivity index (χ0) is 22.2. The molecule has 0 radical (unpaired) electrons. The van der Waals surface area contributed by atoms with Gasteiger partial charge in [0.2, 0.25) is 5.91 Å². The van der Waals surface area contributed by atoms with E-state index in [0.717, 1.165) is 11.1 Å². The van der Waals surface area contributed by atoms with Gasteiger partial charge in [-0.05, 0) is 35.7 Å². The first-order chi connectivity index (χ1) is 15.5. The van der Waals surface area contributed by atoms with Gasteiger partial charge in [-0.25, -0.2) is 25.0 Å². The van der Waals surface area contributed by atoms with Gasteiger partial charge in [0, 0.05) is 24.0 Å². The Morgan fingerprint density at radius 3 is 2.69 bits per heavy atom. The van der Waals surface area contributed by atoms with Crippen LogP contribution in [0.1, 0.15) is 23.6 Å². The summed E-state index contributed by atoms with van der Waals surface area (Å²) in [6.45, 7) is 0.166. The summed E-state index contributed by atoms with van der Waals surface area (Å²) in [4.78, 5) is 26.9. The minimum atomic E-state index is -0.318. The van der Waals surface area contributed by atoms with Crippen LogP contribution in [-0.4, -0.2) is 45.6 Å². The number of hydrogen-bond donors (Lipinski definition) is 3. The van der Waals surface area contributed by atoms with Crippen LogP contribution >= 0.6 is 11.6 Å². The van der Waals surface area contributed by atoms with Gasteiger partial charge in [-0.3, -0.25) is 9.69 Å². The molecule has 166 valence electrons. The zero-order valence-electron chi connectivity index (χ0n) is 17.0. The molecule has 0 aliphatic carbocycles.